The van der Waals surface area contributed by atoms with Crippen molar-refractivity contribution in [1.29, 1.82) is 0 Å². The Kier molecular flexibility index (Phi) is 4.32. The van der Waals surface area contributed by atoms with Crippen LogP contribution in [-0.2, 0) is 9.59 Å². The standard InChI is InChI=1S/C17H19ClFNO3/c1-9-5-6-20(14(7-9)17(22)23)16(21)11-8-10(11)15-12(18)3-2-4-13(15)19/h2-4,9-11,14H,5-8H2,1H3,(H,22,23). The van der Waals surface area contributed by atoms with Gasteiger partial charge in [0.2, 0.25) is 5.91 Å². The van der Waals surface area contributed by atoms with Crippen LogP contribution in [0.15, 0.2) is 18.2 Å². The molecule has 4 atom stereocenters. The van der Waals surface area contributed by atoms with E-state index in [0.717, 1.165) is 6.42 Å². The maximum Gasteiger partial charge on any atom is 0.326 e. The number of carbonyl (C=O) groups excluding carboxylic acids is 1. The summed E-state index contributed by atoms with van der Waals surface area (Å²) in [6.45, 7) is 2.45. The van der Waals surface area contributed by atoms with E-state index in [4.69, 9.17) is 11.6 Å². The molecule has 2 aliphatic rings. The van der Waals surface area contributed by atoms with Gasteiger partial charge in [-0.2, -0.15) is 0 Å². The van der Waals surface area contributed by atoms with Crippen molar-refractivity contribution in [2.45, 2.75) is 38.1 Å². The van der Waals surface area contributed by atoms with E-state index in [1.165, 1.54) is 17.0 Å². The molecule has 0 aromatic heterocycles. The predicted molar refractivity (Wildman–Crippen MR) is 83.8 cm³/mol. The second kappa shape index (κ2) is 6.11. The molecule has 0 bridgehead atoms. The summed E-state index contributed by atoms with van der Waals surface area (Å²) < 4.78 is 14.0. The Labute approximate surface area is 139 Å². The van der Waals surface area contributed by atoms with Crippen LogP contribution >= 0.6 is 11.6 Å². The summed E-state index contributed by atoms with van der Waals surface area (Å²) in [6.07, 6.45) is 1.80. The first kappa shape index (κ1) is 16.2. The molecule has 0 spiro atoms. The van der Waals surface area contributed by atoms with Crippen molar-refractivity contribution in [3.8, 4) is 0 Å². The maximum absolute atomic E-state index is 14.0. The zero-order valence-electron chi connectivity index (χ0n) is 12.8. The van der Waals surface area contributed by atoms with Gasteiger partial charge in [-0.15, -0.1) is 0 Å². The molecule has 3 rings (SSSR count). The van der Waals surface area contributed by atoms with Crippen LogP contribution in [0, 0.1) is 17.7 Å². The first-order valence-electron chi connectivity index (χ1n) is 7.87. The molecule has 4 unspecified atom stereocenters. The lowest BCUT2D eigenvalue weighted by Crippen LogP contribution is -2.50. The molecule has 1 saturated heterocycles. The van der Waals surface area contributed by atoms with Gasteiger partial charge in [-0.05, 0) is 37.3 Å². The monoisotopic (exact) mass is 339 g/mol. The molecule has 6 heteroatoms. The lowest BCUT2D eigenvalue weighted by atomic mass is 9.92. The summed E-state index contributed by atoms with van der Waals surface area (Å²) in [7, 11) is 0. The molecule has 1 N–H and O–H groups in total. The van der Waals surface area contributed by atoms with E-state index < -0.39 is 17.8 Å². The van der Waals surface area contributed by atoms with E-state index in [9.17, 15) is 19.1 Å². The predicted octanol–water partition coefficient (Wildman–Crippen LogP) is 3.29. The number of piperidine rings is 1. The third-order valence-electron chi connectivity index (χ3n) is 4.91. The highest BCUT2D eigenvalue weighted by Crippen LogP contribution is 2.51. The van der Waals surface area contributed by atoms with Gasteiger partial charge in [-0.25, -0.2) is 9.18 Å². The third kappa shape index (κ3) is 3.07. The SMILES string of the molecule is CC1CCN(C(=O)C2CC2c2c(F)cccc2Cl)C(C(=O)O)C1. The average molecular weight is 340 g/mol. The Hall–Kier alpha value is -1.62. The van der Waals surface area contributed by atoms with Crippen molar-refractivity contribution in [3.05, 3.63) is 34.6 Å². The Bertz CT molecular complexity index is 630. The molecule has 0 radical (unpaired) electrons. The Morgan fingerprint density at radius 1 is 1.35 bits per heavy atom. The minimum absolute atomic E-state index is 0.186. The molecule has 1 heterocycles. The number of hydrogen-bond acceptors (Lipinski definition) is 2. The molecular weight excluding hydrogens is 321 g/mol. The number of hydrogen-bond donors (Lipinski definition) is 1. The number of aliphatic carboxylic acids is 1. The number of amides is 1. The van der Waals surface area contributed by atoms with Gasteiger partial charge in [0.25, 0.3) is 0 Å². The summed E-state index contributed by atoms with van der Waals surface area (Å²) in [6, 6.07) is 3.71. The lowest BCUT2D eigenvalue weighted by molar-refractivity contribution is -0.153. The molecule has 1 aromatic rings. The Balaban J connectivity index is 1.76. The molecule has 4 nitrogen and oxygen atoms in total. The fraction of sp³-hybridized carbons (Fsp3) is 0.529. The number of carbonyl (C=O) groups is 2. The topological polar surface area (TPSA) is 57.6 Å². The number of likely N-dealkylation sites (tertiary alicyclic amines) is 1. The van der Waals surface area contributed by atoms with Crippen LogP contribution in [0.4, 0.5) is 4.39 Å². The van der Waals surface area contributed by atoms with Crippen molar-refractivity contribution < 1.29 is 19.1 Å². The highest BCUT2D eigenvalue weighted by molar-refractivity contribution is 6.31. The molecule has 1 aromatic carbocycles. The van der Waals surface area contributed by atoms with Crippen LogP contribution < -0.4 is 0 Å². The number of carboxylic acids is 1. The average Bonchev–Trinajstić information content (AvgIpc) is 3.26. The third-order valence-corrected chi connectivity index (χ3v) is 5.24. The van der Waals surface area contributed by atoms with Crippen molar-refractivity contribution in [3.63, 3.8) is 0 Å². The first-order valence-corrected chi connectivity index (χ1v) is 8.25. The maximum atomic E-state index is 14.0. The van der Waals surface area contributed by atoms with Gasteiger partial charge in [0.05, 0.1) is 0 Å². The van der Waals surface area contributed by atoms with Crippen LogP contribution in [0.3, 0.4) is 0 Å². The Morgan fingerprint density at radius 2 is 2.09 bits per heavy atom. The van der Waals surface area contributed by atoms with Crippen LogP contribution in [0.1, 0.15) is 37.7 Å². The molecule has 23 heavy (non-hydrogen) atoms. The normalized spacial score (nSPS) is 30.1. The molecule has 1 amide bonds. The number of benzene rings is 1. The van der Waals surface area contributed by atoms with Crippen molar-refractivity contribution in [1.82, 2.24) is 4.90 Å². The smallest absolute Gasteiger partial charge is 0.326 e. The molecule has 1 aliphatic heterocycles. The van der Waals surface area contributed by atoms with E-state index in [2.05, 4.69) is 0 Å². The van der Waals surface area contributed by atoms with E-state index in [-0.39, 0.29) is 23.7 Å². The fourth-order valence-corrected chi connectivity index (χ4v) is 3.81. The largest absolute Gasteiger partial charge is 0.480 e. The quantitative estimate of drug-likeness (QED) is 0.919. The summed E-state index contributed by atoms with van der Waals surface area (Å²) in [5, 5.41) is 9.70. The zero-order chi connectivity index (χ0) is 16.7. The van der Waals surface area contributed by atoms with Gasteiger partial charge in [0, 0.05) is 29.0 Å². The molecule has 1 saturated carbocycles. The van der Waals surface area contributed by atoms with Crippen molar-refractivity contribution >= 4 is 23.5 Å². The van der Waals surface area contributed by atoms with E-state index in [1.807, 2.05) is 6.92 Å². The molecule has 1 aliphatic carbocycles. The van der Waals surface area contributed by atoms with Gasteiger partial charge < -0.3 is 10.0 Å². The van der Waals surface area contributed by atoms with Gasteiger partial charge >= 0.3 is 5.97 Å². The Morgan fingerprint density at radius 3 is 2.74 bits per heavy atom. The summed E-state index contributed by atoms with van der Waals surface area (Å²) in [5.41, 5.74) is 0.379. The second-order valence-corrected chi connectivity index (χ2v) is 7.01. The summed E-state index contributed by atoms with van der Waals surface area (Å²) in [5.74, 6) is -1.87. The number of rotatable bonds is 3. The first-order chi connectivity index (χ1) is 10.9. The fourth-order valence-electron chi connectivity index (χ4n) is 3.50. The lowest BCUT2D eigenvalue weighted by Gasteiger charge is -2.36. The number of nitrogens with zero attached hydrogens (tertiary/aromatic N) is 1. The molecule has 124 valence electrons. The van der Waals surface area contributed by atoms with Gasteiger partial charge in [0.1, 0.15) is 11.9 Å². The van der Waals surface area contributed by atoms with E-state index in [0.29, 0.717) is 30.0 Å². The van der Waals surface area contributed by atoms with Crippen molar-refractivity contribution in [2.24, 2.45) is 11.8 Å². The van der Waals surface area contributed by atoms with E-state index in [1.54, 1.807) is 6.07 Å². The van der Waals surface area contributed by atoms with Crippen LogP contribution in [0.5, 0.6) is 0 Å². The van der Waals surface area contributed by atoms with Gasteiger partial charge in [-0.3, -0.25) is 4.79 Å². The van der Waals surface area contributed by atoms with E-state index >= 15 is 0 Å². The highest BCUT2D eigenvalue weighted by atomic mass is 35.5. The molecule has 2 fully saturated rings. The van der Waals surface area contributed by atoms with Crippen LogP contribution in [0.25, 0.3) is 0 Å². The van der Waals surface area contributed by atoms with Gasteiger partial charge in [0.15, 0.2) is 0 Å². The second-order valence-electron chi connectivity index (χ2n) is 6.60. The molecular formula is C17H19ClFNO3. The number of halogens is 2. The summed E-state index contributed by atoms with van der Waals surface area (Å²) >= 11 is 6.06. The minimum atomic E-state index is -0.967. The van der Waals surface area contributed by atoms with Gasteiger partial charge in [-0.1, -0.05) is 24.6 Å². The summed E-state index contributed by atoms with van der Waals surface area (Å²) in [4.78, 5) is 25.6. The van der Waals surface area contributed by atoms with Crippen LogP contribution in [0.2, 0.25) is 5.02 Å². The van der Waals surface area contributed by atoms with Crippen molar-refractivity contribution in [2.75, 3.05) is 6.54 Å². The van der Waals surface area contributed by atoms with Crippen LogP contribution in [-0.4, -0.2) is 34.5 Å². The zero-order valence-corrected chi connectivity index (χ0v) is 13.6. The highest BCUT2D eigenvalue weighted by Gasteiger charge is 2.50. The number of carboxylic acid groups (broad SMARTS) is 1. The minimum Gasteiger partial charge on any atom is -0.480 e.